The van der Waals surface area contributed by atoms with Gasteiger partial charge in [0.2, 0.25) is 0 Å². The molecule has 0 aromatic heterocycles. The molecule has 0 heterocycles. The highest BCUT2D eigenvalue weighted by Gasteiger charge is 2.32. The monoisotopic (exact) mass is 266 g/mol. The third kappa shape index (κ3) is 1.96. The Morgan fingerprint density at radius 1 is 0.850 bits per heavy atom. The maximum atomic E-state index is 12.4. The molecule has 1 heteroatoms. The van der Waals surface area contributed by atoms with Crippen molar-refractivity contribution in [3.05, 3.63) is 46.0 Å². The van der Waals surface area contributed by atoms with Crippen molar-refractivity contribution >= 4 is 16.6 Å². The number of hydrogen-bond acceptors (Lipinski definition) is 1. The molecule has 1 aliphatic rings. The van der Waals surface area contributed by atoms with Crippen LogP contribution in [0.15, 0.2) is 18.2 Å². The second-order valence-electron chi connectivity index (χ2n) is 7.14. The van der Waals surface area contributed by atoms with Crippen molar-refractivity contribution in [2.24, 2.45) is 5.41 Å². The van der Waals surface area contributed by atoms with Crippen LogP contribution in [0, 0.1) is 26.2 Å². The summed E-state index contributed by atoms with van der Waals surface area (Å²) in [4.78, 5) is 12.4. The van der Waals surface area contributed by atoms with E-state index < -0.39 is 0 Å². The molecule has 0 atom stereocenters. The van der Waals surface area contributed by atoms with Crippen LogP contribution in [0.2, 0.25) is 0 Å². The zero-order chi connectivity index (χ0) is 14.7. The number of carbonyl (C=O) groups excluding carboxylic acids is 1. The number of ketones is 1. The predicted octanol–water partition coefficient (Wildman–Crippen LogP) is 4.92. The summed E-state index contributed by atoms with van der Waals surface area (Å²) in [6, 6.07) is 6.64. The van der Waals surface area contributed by atoms with Crippen molar-refractivity contribution in [3.63, 3.8) is 0 Å². The van der Waals surface area contributed by atoms with Gasteiger partial charge >= 0.3 is 0 Å². The molecule has 0 fully saturated rings. The Hall–Kier alpha value is -1.63. The Kier molecular flexibility index (Phi) is 2.79. The molecule has 1 nitrogen and oxygen atoms in total. The van der Waals surface area contributed by atoms with Gasteiger partial charge in [-0.05, 0) is 71.7 Å². The first kappa shape index (κ1) is 13.4. The van der Waals surface area contributed by atoms with Crippen molar-refractivity contribution in [1.82, 2.24) is 0 Å². The normalized spacial score (nSPS) is 17.4. The number of rotatable bonds is 0. The summed E-state index contributed by atoms with van der Waals surface area (Å²) >= 11 is 0. The summed E-state index contributed by atoms with van der Waals surface area (Å²) in [6.45, 7) is 10.8. The third-order valence-electron chi connectivity index (χ3n) is 4.66. The number of Topliss-reactive ketones (excluding diaryl/α,β-unsaturated/α-hetero) is 1. The quantitative estimate of drug-likeness (QED) is 0.661. The number of carbonyl (C=O) groups is 1. The van der Waals surface area contributed by atoms with Gasteiger partial charge in [0, 0.05) is 12.0 Å². The fourth-order valence-corrected chi connectivity index (χ4v) is 3.43. The number of fused-ring (bicyclic) bond motifs is 3. The van der Waals surface area contributed by atoms with Crippen LogP contribution in [0.25, 0.3) is 10.8 Å². The maximum absolute atomic E-state index is 12.4. The van der Waals surface area contributed by atoms with E-state index >= 15 is 0 Å². The van der Waals surface area contributed by atoms with Crippen LogP contribution in [-0.2, 0) is 6.42 Å². The molecule has 0 bridgehead atoms. The van der Waals surface area contributed by atoms with Crippen molar-refractivity contribution in [3.8, 4) is 0 Å². The van der Waals surface area contributed by atoms with Crippen molar-refractivity contribution < 1.29 is 4.79 Å². The molecule has 0 N–H and O–H groups in total. The van der Waals surface area contributed by atoms with Gasteiger partial charge in [0.25, 0.3) is 0 Å². The second-order valence-corrected chi connectivity index (χ2v) is 7.14. The fourth-order valence-electron chi connectivity index (χ4n) is 3.43. The Morgan fingerprint density at radius 3 is 2.10 bits per heavy atom. The van der Waals surface area contributed by atoms with Gasteiger partial charge in [-0.1, -0.05) is 26.0 Å². The summed E-state index contributed by atoms with van der Waals surface area (Å²) in [7, 11) is 0. The van der Waals surface area contributed by atoms with Crippen LogP contribution in [0.1, 0.15) is 52.9 Å². The maximum Gasteiger partial charge on any atom is 0.163 e. The number of benzene rings is 2. The molecule has 2 aromatic rings. The van der Waals surface area contributed by atoms with E-state index in [1.807, 2.05) is 0 Å². The topological polar surface area (TPSA) is 17.1 Å². The van der Waals surface area contributed by atoms with Crippen LogP contribution in [0.4, 0.5) is 0 Å². The van der Waals surface area contributed by atoms with E-state index in [9.17, 15) is 4.79 Å². The lowest BCUT2D eigenvalue weighted by Gasteiger charge is -2.31. The summed E-state index contributed by atoms with van der Waals surface area (Å²) in [5, 5.41) is 2.58. The standard InChI is InChI=1S/C19H22O/c1-11-6-14-13(3)8-16-17(15(14)7-12(11)2)9-19(4,5)10-18(16)20/h6-8H,9-10H2,1-5H3. The van der Waals surface area contributed by atoms with Gasteiger partial charge in [-0.15, -0.1) is 0 Å². The number of aryl methyl sites for hydroxylation is 3. The van der Waals surface area contributed by atoms with Crippen LogP contribution in [0.5, 0.6) is 0 Å². The molecule has 0 spiro atoms. The van der Waals surface area contributed by atoms with Crippen molar-refractivity contribution in [1.29, 1.82) is 0 Å². The third-order valence-corrected chi connectivity index (χ3v) is 4.66. The molecule has 0 unspecified atom stereocenters. The van der Waals surface area contributed by atoms with Gasteiger partial charge in [-0.3, -0.25) is 4.79 Å². The molecule has 104 valence electrons. The van der Waals surface area contributed by atoms with E-state index in [-0.39, 0.29) is 5.41 Å². The highest BCUT2D eigenvalue weighted by molar-refractivity contribution is 6.05. The molecule has 3 rings (SSSR count). The summed E-state index contributed by atoms with van der Waals surface area (Å²) in [6.07, 6.45) is 1.66. The first-order valence-electron chi connectivity index (χ1n) is 7.35. The van der Waals surface area contributed by atoms with Crippen LogP contribution in [0.3, 0.4) is 0 Å². The molecule has 0 amide bonds. The molecule has 20 heavy (non-hydrogen) atoms. The van der Waals surface area contributed by atoms with Crippen molar-refractivity contribution in [2.45, 2.75) is 47.5 Å². The van der Waals surface area contributed by atoms with E-state index in [1.54, 1.807) is 0 Å². The van der Waals surface area contributed by atoms with E-state index in [4.69, 9.17) is 0 Å². The lowest BCUT2D eigenvalue weighted by Crippen LogP contribution is -2.27. The van der Waals surface area contributed by atoms with Crippen molar-refractivity contribution in [2.75, 3.05) is 0 Å². The number of hydrogen-bond donors (Lipinski definition) is 0. The van der Waals surface area contributed by atoms with Crippen LogP contribution >= 0.6 is 0 Å². The van der Waals surface area contributed by atoms with Gasteiger partial charge in [0.05, 0.1) is 0 Å². The van der Waals surface area contributed by atoms with E-state index in [0.717, 1.165) is 12.0 Å². The Labute approximate surface area is 121 Å². The Morgan fingerprint density at radius 2 is 1.45 bits per heavy atom. The predicted molar refractivity (Wildman–Crippen MR) is 84.6 cm³/mol. The van der Waals surface area contributed by atoms with Gasteiger partial charge in [0.1, 0.15) is 0 Å². The Balaban J connectivity index is 2.40. The lowest BCUT2D eigenvalue weighted by atomic mass is 9.72. The minimum Gasteiger partial charge on any atom is -0.294 e. The summed E-state index contributed by atoms with van der Waals surface area (Å²) < 4.78 is 0. The smallest absolute Gasteiger partial charge is 0.163 e. The summed E-state index contributed by atoms with van der Waals surface area (Å²) in [5.41, 5.74) is 6.14. The SMILES string of the molecule is Cc1cc2c(C)cc3c(c2cc1C)CC(C)(C)CC3=O. The second kappa shape index (κ2) is 4.18. The average molecular weight is 266 g/mol. The van der Waals surface area contributed by atoms with Gasteiger partial charge < -0.3 is 0 Å². The minimum atomic E-state index is 0.0745. The largest absolute Gasteiger partial charge is 0.294 e. The average Bonchev–Trinajstić information content (AvgIpc) is 2.33. The molecule has 1 aliphatic carbocycles. The minimum absolute atomic E-state index is 0.0745. The first-order valence-corrected chi connectivity index (χ1v) is 7.35. The van der Waals surface area contributed by atoms with Gasteiger partial charge in [-0.25, -0.2) is 0 Å². The molecule has 2 aromatic carbocycles. The molecule has 0 saturated carbocycles. The van der Waals surface area contributed by atoms with Gasteiger partial charge in [-0.2, -0.15) is 0 Å². The van der Waals surface area contributed by atoms with E-state index in [0.29, 0.717) is 12.2 Å². The lowest BCUT2D eigenvalue weighted by molar-refractivity contribution is 0.0913. The molecule has 0 radical (unpaired) electrons. The van der Waals surface area contributed by atoms with E-state index in [1.165, 1.54) is 33.0 Å². The van der Waals surface area contributed by atoms with Crippen LogP contribution < -0.4 is 0 Å². The zero-order valence-electron chi connectivity index (χ0n) is 13.1. The zero-order valence-corrected chi connectivity index (χ0v) is 13.1. The highest BCUT2D eigenvalue weighted by atomic mass is 16.1. The fraction of sp³-hybridized carbons (Fsp3) is 0.421. The highest BCUT2D eigenvalue weighted by Crippen LogP contribution is 2.39. The molecule has 0 aliphatic heterocycles. The van der Waals surface area contributed by atoms with Crippen LogP contribution in [-0.4, -0.2) is 5.78 Å². The summed E-state index contributed by atoms with van der Waals surface area (Å²) in [5.74, 6) is 0.305. The first-order chi connectivity index (χ1) is 9.28. The molecule has 0 saturated heterocycles. The molecular weight excluding hydrogens is 244 g/mol. The van der Waals surface area contributed by atoms with E-state index in [2.05, 4.69) is 52.8 Å². The Bertz CT molecular complexity index is 735. The molecular formula is C19H22O. The van der Waals surface area contributed by atoms with Gasteiger partial charge in [0.15, 0.2) is 5.78 Å².